The summed E-state index contributed by atoms with van der Waals surface area (Å²) in [5, 5.41) is 20.9. The van der Waals surface area contributed by atoms with Gasteiger partial charge in [-0.05, 0) is 42.7 Å². The first-order valence-electron chi connectivity index (χ1n) is 9.60. The van der Waals surface area contributed by atoms with Gasteiger partial charge in [-0.25, -0.2) is 5.48 Å². The standard InChI is InChI=1S/C21H25N3O5/c25-16-7-5-14(6-8-16)17-12-18(15-9-11-29-13-15)23-20(17)21(27)22-10-3-1-2-4-19(26)24-28/h5-9,11-12,15,23,25,28H,1-4,10,13H2,(H,22,27)(H,24,26). The summed E-state index contributed by atoms with van der Waals surface area (Å²) in [6, 6.07) is 8.66. The van der Waals surface area contributed by atoms with Crippen LogP contribution in [0.15, 0.2) is 42.7 Å². The number of hydrogen-bond donors (Lipinski definition) is 5. The Labute approximate surface area is 168 Å². The zero-order chi connectivity index (χ0) is 20.6. The molecule has 0 fully saturated rings. The van der Waals surface area contributed by atoms with E-state index >= 15 is 0 Å². The van der Waals surface area contributed by atoms with E-state index in [1.807, 2.05) is 12.1 Å². The van der Waals surface area contributed by atoms with E-state index in [1.54, 1.807) is 36.0 Å². The third kappa shape index (κ3) is 5.39. The SMILES string of the molecule is O=C(CCCCCNC(=O)c1[nH]c(C2C=COC2)cc1-c1ccc(O)cc1)NO. The van der Waals surface area contributed by atoms with Crippen molar-refractivity contribution in [3.05, 3.63) is 54.1 Å². The van der Waals surface area contributed by atoms with E-state index in [0.717, 1.165) is 29.7 Å². The van der Waals surface area contributed by atoms with Crippen LogP contribution in [0, 0.1) is 0 Å². The minimum atomic E-state index is -0.406. The van der Waals surface area contributed by atoms with Crippen molar-refractivity contribution in [2.45, 2.75) is 31.6 Å². The largest absolute Gasteiger partial charge is 0.508 e. The first-order chi connectivity index (χ1) is 14.1. The number of nitrogens with one attached hydrogen (secondary N) is 3. The number of carbonyl (C=O) groups is 2. The molecule has 1 aliphatic heterocycles. The number of aromatic hydroxyl groups is 1. The molecular formula is C21H25N3O5. The van der Waals surface area contributed by atoms with Crippen LogP contribution in [0.4, 0.5) is 0 Å². The third-order valence-corrected chi connectivity index (χ3v) is 4.82. The number of aromatic nitrogens is 1. The van der Waals surface area contributed by atoms with Crippen molar-refractivity contribution >= 4 is 11.8 Å². The first-order valence-corrected chi connectivity index (χ1v) is 9.60. The number of amides is 2. The minimum Gasteiger partial charge on any atom is -0.508 e. The predicted octanol–water partition coefficient (Wildman–Crippen LogP) is 2.81. The molecule has 154 valence electrons. The van der Waals surface area contributed by atoms with Crippen molar-refractivity contribution in [3.63, 3.8) is 0 Å². The zero-order valence-corrected chi connectivity index (χ0v) is 16.0. The number of unbranched alkanes of at least 4 members (excludes halogenated alkanes) is 2. The van der Waals surface area contributed by atoms with Gasteiger partial charge in [-0.2, -0.15) is 0 Å². The van der Waals surface area contributed by atoms with Crippen molar-refractivity contribution in [2.75, 3.05) is 13.2 Å². The van der Waals surface area contributed by atoms with Crippen LogP contribution in [0.1, 0.15) is 47.8 Å². The molecule has 0 saturated carbocycles. The van der Waals surface area contributed by atoms with Gasteiger partial charge >= 0.3 is 0 Å². The van der Waals surface area contributed by atoms with E-state index in [4.69, 9.17) is 9.94 Å². The Balaban J connectivity index is 1.66. The van der Waals surface area contributed by atoms with Gasteiger partial charge in [0.1, 0.15) is 11.4 Å². The van der Waals surface area contributed by atoms with Crippen LogP contribution in [-0.2, 0) is 9.53 Å². The fourth-order valence-corrected chi connectivity index (χ4v) is 3.22. The first kappa shape index (κ1) is 20.5. The lowest BCUT2D eigenvalue weighted by molar-refractivity contribution is -0.129. The number of benzene rings is 1. The Morgan fingerprint density at radius 1 is 1.17 bits per heavy atom. The number of phenols is 1. The normalized spacial score (nSPS) is 15.1. The fraction of sp³-hybridized carbons (Fsp3) is 0.333. The smallest absolute Gasteiger partial charge is 0.268 e. The summed E-state index contributed by atoms with van der Waals surface area (Å²) < 4.78 is 5.29. The number of rotatable bonds is 9. The van der Waals surface area contributed by atoms with Gasteiger partial charge < -0.3 is 20.1 Å². The van der Waals surface area contributed by atoms with Crippen molar-refractivity contribution in [2.24, 2.45) is 0 Å². The molecule has 8 heteroatoms. The number of hydrogen-bond acceptors (Lipinski definition) is 5. The quantitative estimate of drug-likeness (QED) is 0.252. The molecule has 1 aliphatic rings. The zero-order valence-electron chi connectivity index (χ0n) is 16.0. The lowest BCUT2D eigenvalue weighted by Crippen LogP contribution is -2.25. The predicted molar refractivity (Wildman–Crippen MR) is 106 cm³/mol. The Kier molecular flexibility index (Phi) is 6.91. The molecule has 1 aromatic carbocycles. The summed E-state index contributed by atoms with van der Waals surface area (Å²) in [6.45, 7) is 1.01. The minimum absolute atomic E-state index is 0.0603. The number of carbonyl (C=O) groups excluding carboxylic acids is 2. The topological polar surface area (TPSA) is 124 Å². The molecule has 5 N–H and O–H groups in total. The summed E-state index contributed by atoms with van der Waals surface area (Å²) in [4.78, 5) is 27.0. The average molecular weight is 399 g/mol. The highest BCUT2D eigenvalue weighted by atomic mass is 16.5. The van der Waals surface area contributed by atoms with Crippen LogP contribution in [0.5, 0.6) is 5.75 Å². The van der Waals surface area contributed by atoms with E-state index in [1.165, 1.54) is 0 Å². The van der Waals surface area contributed by atoms with E-state index in [-0.39, 0.29) is 24.0 Å². The monoisotopic (exact) mass is 399 g/mol. The van der Waals surface area contributed by atoms with E-state index in [0.29, 0.717) is 25.3 Å². The van der Waals surface area contributed by atoms with E-state index in [9.17, 15) is 14.7 Å². The van der Waals surface area contributed by atoms with Crippen molar-refractivity contribution in [3.8, 4) is 16.9 Å². The van der Waals surface area contributed by atoms with Crippen LogP contribution in [0.25, 0.3) is 11.1 Å². The molecule has 1 atom stereocenters. The Morgan fingerprint density at radius 2 is 1.97 bits per heavy atom. The third-order valence-electron chi connectivity index (χ3n) is 4.82. The van der Waals surface area contributed by atoms with Crippen LogP contribution >= 0.6 is 0 Å². The molecule has 3 rings (SSSR count). The van der Waals surface area contributed by atoms with Gasteiger partial charge in [-0.3, -0.25) is 14.8 Å². The number of aromatic amines is 1. The summed E-state index contributed by atoms with van der Waals surface area (Å²) >= 11 is 0. The lowest BCUT2D eigenvalue weighted by atomic mass is 10.0. The maximum Gasteiger partial charge on any atom is 0.268 e. The van der Waals surface area contributed by atoms with E-state index < -0.39 is 5.91 Å². The Hall–Kier alpha value is -3.26. The van der Waals surface area contributed by atoms with Gasteiger partial charge in [0, 0.05) is 24.2 Å². The second-order valence-corrected chi connectivity index (χ2v) is 6.93. The molecule has 1 unspecified atom stereocenters. The second kappa shape index (κ2) is 9.79. The highest BCUT2D eigenvalue weighted by molar-refractivity contribution is 5.99. The van der Waals surface area contributed by atoms with Crippen molar-refractivity contribution in [1.82, 2.24) is 15.8 Å². The maximum absolute atomic E-state index is 12.8. The van der Waals surface area contributed by atoms with Gasteiger partial charge in [0.15, 0.2) is 0 Å². The van der Waals surface area contributed by atoms with Crippen LogP contribution in [-0.4, -0.2) is 40.3 Å². The lowest BCUT2D eigenvalue weighted by Gasteiger charge is -2.07. The summed E-state index contributed by atoms with van der Waals surface area (Å²) in [7, 11) is 0. The summed E-state index contributed by atoms with van der Waals surface area (Å²) in [6.07, 6.45) is 5.98. The van der Waals surface area contributed by atoms with Gasteiger partial charge in [0.25, 0.3) is 5.91 Å². The average Bonchev–Trinajstić information content (AvgIpc) is 3.40. The molecule has 1 aromatic heterocycles. The molecule has 0 radical (unpaired) electrons. The molecular weight excluding hydrogens is 374 g/mol. The van der Waals surface area contributed by atoms with E-state index in [2.05, 4.69) is 10.3 Å². The molecule has 0 saturated heterocycles. The van der Waals surface area contributed by atoms with Gasteiger partial charge in [-0.15, -0.1) is 0 Å². The van der Waals surface area contributed by atoms with Crippen LogP contribution in [0.2, 0.25) is 0 Å². The number of ether oxygens (including phenoxy) is 1. The molecule has 2 heterocycles. The van der Waals surface area contributed by atoms with Gasteiger partial charge in [0.05, 0.1) is 18.8 Å². The summed E-state index contributed by atoms with van der Waals surface area (Å²) in [5.41, 5.74) is 4.55. The summed E-state index contributed by atoms with van der Waals surface area (Å²) in [5.74, 6) is -0.394. The molecule has 29 heavy (non-hydrogen) atoms. The van der Waals surface area contributed by atoms with Crippen LogP contribution in [0.3, 0.4) is 0 Å². The van der Waals surface area contributed by atoms with Gasteiger partial charge in [0.2, 0.25) is 5.91 Å². The van der Waals surface area contributed by atoms with Crippen molar-refractivity contribution in [1.29, 1.82) is 0 Å². The molecule has 0 bridgehead atoms. The highest BCUT2D eigenvalue weighted by Crippen LogP contribution is 2.31. The second-order valence-electron chi connectivity index (χ2n) is 6.93. The maximum atomic E-state index is 12.8. The highest BCUT2D eigenvalue weighted by Gasteiger charge is 2.22. The Bertz CT molecular complexity index is 873. The molecule has 0 spiro atoms. The number of phenolic OH excluding ortho intramolecular Hbond substituents is 1. The molecule has 2 amide bonds. The fourth-order valence-electron chi connectivity index (χ4n) is 3.22. The Morgan fingerprint density at radius 3 is 2.66 bits per heavy atom. The number of H-pyrrole nitrogens is 1. The molecule has 8 nitrogen and oxygen atoms in total. The van der Waals surface area contributed by atoms with Gasteiger partial charge in [-0.1, -0.05) is 18.6 Å². The molecule has 2 aromatic rings. The van der Waals surface area contributed by atoms with Crippen LogP contribution < -0.4 is 10.8 Å². The number of hydroxylamine groups is 1. The van der Waals surface area contributed by atoms with Crippen molar-refractivity contribution < 1.29 is 24.6 Å². The molecule has 0 aliphatic carbocycles.